The van der Waals surface area contributed by atoms with Crippen LogP contribution in [0.25, 0.3) is 0 Å². The molecular weight excluding hydrogens is 232 g/mol. The third-order valence-corrected chi connectivity index (χ3v) is 2.92. The first-order chi connectivity index (χ1) is 8.13. The van der Waals surface area contributed by atoms with Crippen molar-refractivity contribution < 1.29 is 17.6 Å². The van der Waals surface area contributed by atoms with E-state index in [1.54, 1.807) is 0 Å². The average Bonchev–Trinajstić information content (AvgIpc) is 2.35. The largest absolute Gasteiger partial charge is 0.248 e. The second-order valence-corrected chi connectivity index (χ2v) is 4.54. The Morgan fingerprint density at radius 2 is 1.29 bits per heavy atom. The lowest BCUT2D eigenvalue weighted by atomic mass is 10.0. The molecule has 0 fully saturated rings. The van der Waals surface area contributed by atoms with Gasteiger partial charge in [0.1, 0.15) is 12.8 Å². The Labute approximate surface area is 102 Å². The molecule has 0 aliphatic carbocycles. The van der Waals surface area contributed by atoms with Crippen molar-refractivity contribution in [3.05, 3.63) is 0 Å². The summed E-state index contributed by atoms with van der Waals surface area (Å²) in [5.74, 6) is 0. The molecule has 0 N–H and O–H groups in total. The molecule has 4 heteroatoms. The summed E-state index contributed by atoms with van der Waals surface area (Å²) in [5, 5.41) is 0. The molecule has 0 bridgehead atoms. The van der Waals surface area contributed by atoms with Crippen molar-refractivity contribution in [3.8, 4) is 0 Å². The first-order valence-electron chi connectivity index (χ1n) is 6.61. The molecule has 0 spiro atoms. The first-order valence-corrected chi connectivity index (χ1v) is 6.61. The van der Waals surface area contributed by atoms with Gasteiger partial charge in [-0.3, -0.25) is 0 Å². The first kappa shape index (κ1) is 16.7. The number of hydrogen-bond donors (Lipinski definition) is 0. The van der Waals surface area contributed by atoms with Gasteiger partial charge in [0, 0.05) is 0 Å². The van der Waals surface area contributed by atoms with E-state index >= 15 is 0 Å². The molecular formula is C13H24F4. The Balaban J connectivity index is 3.41. The van der Waals surface area contributed by atoms with Crippen molar-refractivity contribution in [1.82, 2.24) is 0 Å². The topological polar surface area (TPSA) is 0 Å². The Bertz CT molecular complexity index is 163. The van der Waals surface area contributed by atoms with E-state index in [9.17, 15) is 17.6 Å². The molecule has 0 amide bonds. The zero-order chi connectivity index (χ0) is 13.1. The van der Waals surface area contributed by atoms with Gasteiger partial charge in [-0.15, -0.1) is 0 Å². The van der Waals surface area contributed by atoms with Gasteiger partial charge in [0.2, 0.25) is 0 Å². The van der Waals surface area contributed by atoms with E-state index in [0.29, 0.717) is 6.42 Å². The summed E-state index contributed by atoms with van der Waals surface area (Å²) in [6.45, 7) is 0.686. The standard InChI is InChI=1S/C13H24F4/c1-2-3-4-5-6-7-8-9-11(15)13(17)12(16)10-14/h11-13H,2-10H2,1H3. The molecule has 0 saturated carbocycles. The Morgan fingerprint density at radius 1 is 0.765 bits per heavy atom. The van der Waals surface area contributed by atoms with E-state index in [0.717, 1.165) is 19.3 Å². The fraction of sp³-hybridized carbons (Fsp3) is 1.00. The molecule has 0 heterocycles. The summed E-state index contributed by atoms with van der Waals surface area (Å²) >= 11 is 0. The minimum atomic E-state index is -2.31. The molecule has 104 valence electrons. The summed E-state index contributed by atoms with van der Waals surface area (Å²) in [5.41, 5.74) is 0. The van der Waals surface area contributed by atoms with Crippen molar-refractivity contribution in [3.63, 3.8) is 0 Å². The molecule has 0 aromatic heterocycles. The van der Waals surface area contributed by atoms with Crippen LogP contribution in [0.5, 0.6) is 0 Å². The minimum Gasteiger partial charge on any atom is -0.248 e. The van der Waals surface area contributed by atoms with Gasteiger partial charge in [-0.1, -0.05) is 51.9 Å². The van der Waals surface area contributed by atoms with Crippen LogP contribution in [-0.2, 0) is 0 Å². The van der Waals surface area contributed by atoms with Crippen LogP contribution in [0.2, 0.25) is 0 Å². The lowest BCUT2D eigenvalue weighted by molar-refractivity contribution is 0.0619. The van der Waals surface area contributed by atoms with Crippen molar-refractivity contribution in [2.24, 2.45) is 0 Å². The highest BCUT2D eigenvalue weighted by molar-refractivity contribution is 4.76. The van der Waals surface area contributed by atoms with Crippen LogP contribution in [0.3, 0.4) is 0 Å². The van der Waals surface area contributed by atoms with E-state index in [-0.39, 0.29) is 6.42 Å². The molecule has 0 aromatic carbocycles. The Hall–Kier alpha value is -0.280. The normalized spacial score (nSPS) is 16.8. The lowest BCUT2D eigenvalue weighted by Crippen LogP contribution is -2.29. The van der Waals surface area contributed by atoms with Gasteiger partial charge in [0.15, 0.2) is 12.3 Å². The molecule has 0 saturated heterocycles. The maximum absolute atomic E-state index is 13.1. The molecule has 3 atom stereocenters. The summed E-state index contributed by atoms with van der Waals surface area (Å²) < 4.78 is 50.2. The predicted molar refractivity (Wildman–Crippen MR) is 63.3 cm³/mol. The highest BCUT2D eigenvalue weighted by atomic mass is 19.2. The molecule has 0 nitrogen and oxygen atoms in total. The Kier molecular flexibility index (Phi) is 10.7. The molecule has 0 aliphatic rings. The van der Waals surface area contributed by atoms with Gasteiger partial charge in [0.25, 0.3) is 0 Å². The Morgan fingerprint density at radius 3 is 1.82 bits per heavy atom. The van der Waals surface area contributed by atoms with Gasteiger partial charge in [-0.2, -0.15) is 0 Å². The molecule has 17 heavy (non-hydrogen) atoms. The van der Waals surface area contributed by atoms with Crippen LogP contribution in [0.1, 0.15) is 58.3 Å². The summed E-state index contributed by atoms with van der Waals surface area (Å²) in [6, 6.07) is 0. The average molecular weight is 256 g/mol. The second kappa shape index (κ2) is 10.8. The smallest absolute Gasteiger partial charge is 0.165 e. The maximum atomic E-state index is 13.1. The van der Waals surface area contributed by atoms with E-state index in [1.165, 1.54) is 19.3 Å². The maximum Gasteiger partial charge on any atom is 0.165 e. The number of rotatable bonds is 11. The van der Waals surface area contributed by atoms with Crippen LogP contribution >= 0.6 is 0 Å². The van der Waals surface area contributed by atoms with Gasteiger partial charge < -0.3 is 0 Å². The zero-order valence-corrected chi connectivity index (χ0v) is 10.6. The van der Waals surface area contributed by atoms with E-state index in [4.69, 9.17) is 0 Å². The fourth-order valence-corrected chi connectivity index (χ4v) is 1.77. The van der Waals surface area contributed by atoms with Crippen LogP contribution in [0.15, 0.2) is 0 Å². The molecule has 0 radical (unpaired) electrons. The van der Waals surface area contributed by atoms with Crippen LogP contribution in [0, 0.1) is 0 Å². The van der Waals surface area contributed by atoms with Crippen molar-refractivity contribution in [1.29, 1.82) is 0 Å². The van der Waals surface area contributed by atoms with Gasteiger partial charge >= 0.3 is 0 Å². The fourth-order valence-electron chi connectivity index (χ4n) is 1.77. The number of alkyl halides is 4. The number of halogens is 4. The summed E-state index contributed by atoms with van der Waals surface area (Å²) in [4.78, 5) is 0. The monoisotopic (exact) mass is 256 g/mol. The zero-order valence-electron chi connectivity index (χ0n) is 10.6. The summed E-state index contributed by atoms with van der Waals surface area (Å²) in [7, 11) is 0. The minimum absolute atomic E-state index is 0.00460. The molecule has 0 rings (SSSR count). The highest BCUT2D eigenvalue weighted by Gasteiger charge is 2.29. The highest BCUT2D eigenvalue weighted by Crippen LogP contribution is 2.19. The van der Waals surface area contributed by atoms with Crippen molar-refractivity contribution >= 4 is 0 Å². The van der Waals surface area contributed by atoms with Crippen LogP contribution < -0.4 is 0 Å². The summed E-state index contributed by atoms with van der Waals surface area (Å²) in [6.07, 6.45) is 0.578. The predicted octanol–water partition coefficient (Wildman–Crippen LogP) is 5.11. The van der Waals surface area contributed by atoms with E-state index in [2.05, 4.69) is 6.92 Å². The van der Waals surface area contributed by atoms with Gasteiger partial charge in [-0.05, 0) is 6.42 Å². The lowest BCUT2D eigenvalue weighted by Gasteiger charge is -2.15. The third-order valence-electron chi connectivity index (χ3n) is 2.92. The van der Waals surface area contributed by atoms with Gasteiger partial charge in [-0.25, -0.2) is 17.6 Å². The van der Waals surface area contributed by atoms with Crippen molar-refractivity contribution in [2.45, 2.75) is 76.8 Å². The van der Waals surface area contributed by atoms with Crippen molar-refractivity contribution in [2.75, 3.05) is 6.67 Å². The molecule has 0 aliphatic heterocycles. The second-order valence-electron chi connectivity index (χ2n) is 4.54. The van der Waals surface area contributed by atoms with Crippen LogP contribution in [-0.4, -0.2) is 25.2 Å². The third kappa shape index (κ3) is 8.44. The van der Waals surface area contributed by atoms with E-state index < -0.39 is 25.2 Å². The SMILES string of the molecule is CCCCCCCCCC(F)C(F)C(F)CF. The van der Waals surface area contributed by atoms with E-state index in [1.807, 2.05) is 0 Å². The molecule has 3 unspecified atom stereocenters. The molecule has 0 aromatic rings. The number of hydrogen-bond acceptors (Lipinski definition) is 0. The van der Waals surface area contributed by atoms with Crippen LogP contribution in [0.4, 0.5) is 17.6 Å². The van der Waals surface area contributed by atoms with Gasteiger partial charge in [0.05, 0.1) is 0 Å². The quantitative estimate of drug-likeness (QED) is 0.356. The number of unbranched alkanes of at least 4 members (excludes halogenated alkanes) is 6.